The molecular weight excluding hydrogens is 206 g/mol. The lowest BCUT2D eigenvalue weighted by Gasteiger charge is -2.09. The van der Waals surface area contributed by atoms with Gasteiger partial charge in [0, 0.05) is 25.7 Å². The molecule has 0 radical (unpaired) electrons. The van der Waals surface area contributed by atoms with Gasteiger partial charge in [-0.1, -0.05) is 0 Å². The monoisotopic (exact) mass is 233 g/mol. The summed E-state index contributed by atoms with van der Waals surface area (Å²) in [5, 5.41) is 0. The molecular formula is C12H27NO3. The molecule has 4 heteroatoms. The third-order valence-electron chi connectivity index (χ3n) is 1.78. The van der Waals surface area contributed by atoms with Gasteiger partial charge >= 0.3 is 0 Å². The number of hydrogen-bond donors (Lipinski definition) is 1. The van der Waals surface area contributed by atoms with Crippen LogP contribution in [0.2, 0.25) is 0 Å². The van der Waals surface area contributed by atoms with Crippen LogP contribution in [0.3, 0.4) is 0 Å². The van der Waals surface area contributed by atoms with Crippen molar-refractivity contribution in [2.24, 2.45) is 5.73 Å². The van der Waals surface area contributed by atoms with E-state index in [1.807, 2.05) is 27.7 Å². The van der Waals surface area contributed by atoms with Crippen LogP contribution in [0.25, 0.3) is 0 Å². The molecule has 0 aliphatic rings. The molecule has 0 rings (SSSR count). The van der Waals surface area contributed by atoms with E-state index in [0.717, 1.165) is 32.3 Å². The second-order valence-electron chi connectivity index (χ2n) is 3.55. The van der Waals surface area contributed by atoms with Crippen LogP contribution < -0.4 is 5.73 Å². The first-order chi connectivity index (χ1) is 7.58. The molecule has 1 atom stereocenters. The summed E-state index contributed by atoms with van der Waals surface area (Å²) in [6, 6.07) is 0.245. The summed E-state index contributed by atoms with van der Waals surface area (Å²) in [7, 11) is 0. The molecule has 0 saturated carbocycles. The van der Waals surface area contributed by atoms with E-state index in [1.54, 1.807) is 0 Å². The van der Waals surface area contributed by atoms with Crippen molar-refractivity contribution in [1.82, 2.24) is 0 Å². The number of carbonyl (C=O) groups is 1. The van der Waals surface area contributed by atoms with Gasteiger partial charge in [-0.25, -0.2) is 0 Å². The van der Waals surface area contributed by atoms with Crippen molar-refractivity contribution in [2.45, 2.75) is 59.3 Å². The van der Waals surface area contributed by atoms with E-state index in [2.05, 4.69) is 0 Å². The highest BCUT2D eigenvalue weighted by molar-refractivity contribution is 5.48. The molecule has 0 saturated heterocycles. The molecule has 1 unspecified atom stereocenters. The normalized spacial score (nSPS) is 11.9. The van der Waals surface area contributed by atoms with Crippen LogP contribution >= 0.6 is 0 Å². The summed E-state index contributed by atoms with van der Waals surface area (Å²) < 4.78 is 10.1. The van der Waals surface area contributed by atoms with Crippen LogP contribution in [0.4, 0.5) is 0 Å². The summed E-state index contributed by atoms with van der Waals surface area (Å²) in [5.41, 5.74) is 5.42. The molecule has 4 nitrogen and oxygen atoms in total. The second kappa shape index (κ2) is 14.6. The molecule has 0 aromatic rings. The van der Waals surface area contributed by atoms with Crippen LogP contribution in [0.1, 0.15) is 47.0 Å². The van der Waals surface area contributed by atoms with Gasteiger partial charge in [0.25, 0.3) is 0 Å². The van der Waals surface area contributed by atoms with Gasteiger partial charge in [0.05, 0.1) is 0 Å². The highest BCUT2D eigenvalue weighted by atomic mass is 16.7. The van der Waals surface area contributed by atoms with Crippen molar-refractivity contribution < 1.29 is 14.3 Å². The fourth-order valence-electron chi connectivity index (χ4n) is 1.04. The Kier molecular flexibility index (Phi) is 16.3. The molecule has 0 fully saturated rings. The third kappa shape index (κ3) is 19.2. The van der Waals surface area contributed by atoms with Crippen molar-refractivity contribution in [3.8, 4) is 0 Å². The fourth-order valence-corrected chi connectivity index (χ4v) is 1.04. The van der Waals surface area contributed by atoms with E-state index in [9.17, 15) is 4.79 Å². The first-order valence-electron chi connectivity index (χ1n) is 6.00. The van der Waals surface area contributed by atoms with Crippen molar-refractivity contribution >= 4 is 6.29 Å². The number of carbonyl (C=O) groups excluding carboxylic acids is 1. The predicted octanol–water partition coefficient (Wildman–Crippen LogP) is 2.11. The van der Waals surface area contributed by atoms with Crippen LogP contribution in [-0.2, 0) is 14.3 Å². The fraction of sp³-hybridized carbons (Fsp3) is 0.917. The smallest absolute Gasteiger partial charge is 0.154 e. The Hall–Kier alpha value is -0.450. The molecule has 0 amide bonds. The largest absolute Gasteiger partial charge is 0.353 e. The van der Waals surface area contributed by atoms with E-state index in [0.29, 0.717) is 6.42 Å². The van der Waals surface area contributed by atoms with Gasteiger partial charge < -0.3 is 20.0 Å². The predicted molar refractivity (Wildman–Crippen MR) is 66.3 cm³/mol. The highest BCUT2D eigenvalue weighted by Gasteiger charge is 1.94. The SMILES string of the molecule is CC(N)CCCC=O.CCOC(C)OCC. The maximum atomic E-state index is 9.75. The molecule has 0 heterocycles. The zero-order chi connectivity index (χ0) is 12.8. The van der Waals surface area contributed by atoms with Crippen LogP contribution in [0.15, 0.2) is 0 Å². The Morgan fingerprint density at radius 3 is 2.00 bits per heavy atom. The summed E-state index contributed by atoms with van der Waals surface area (Å²) >= 11 is 0. The molecule has 98 valence electrons. The maximum absolute atomic E-state index is 9.75. The van der Waals surface area contributed by atoms with Gasteiger partial charge in [-0.3, -0.25) is 0 Å². The average Bonchev–Trinajstić information content (AvgIpc) is 2.19. The van der Waals surface area contributed by atoms with Gasteiger partial charge in [-0.15, -0.1) is 0 Å². The van der Waals surface area contributed by atoms with Gasteiger partial charge in [0.15, 0.2) is 6.29 Å². The quantitative estimate of drug-likeness (QED) is 0.396. The second-order valence-corrected chi connectivity index (χ2v) is 3.55. The molecule has 0 aliphatic carbocycles. The van der Waals surface area contributed by atoms with Crippen molar-refractivity contribution in [3.05, 3.63) is 0 Å². The molecule has 0 spiro atoms. The molecule has 2 N–H and O–H groups in total. The van der Waals surface area contributed by atoms with Crippen molar-refractivity contribution in [2.75, 3.05) is 13.2 Å². The number of ether oxygens (including phenoxy) is 2. The van der Waals surface area contributed by atoms with Crippen LogP contribution in [0.5, 0.6) is 0 Å². The van der Waals surface area contributed by atoms with Crippen molar-refractivity contribution in [3.63, 3.8) is 0 Å². The molecule has 16 heavy (non-hydrogen) atoms. The zero-order valence-electron chi connectivity index (χ0n) is 11.1. The van der Waals surface area contributed by atoms with E-state index in [1.165, 1.54) is 0 Å². The van der Waals surface area contributed by atoms with Crippen LogP contribution in [-0.4, -0.2) is 31.8 Å². The van der Waals surface area contributed by atoms with Gasteiger partial charge in [-0.2, -0.15) is 0 Å². The lowest BCUT2D eigenvalue weighted by Crippen LogP contribution is -2.13. The lowest BCUT2D eigenvalue weighted by molar-refractivity contribution is -0.123. The third-order valence-corrected chi connectivity index (χ3v) is 1.78. The topological polar surface area (TPSA) is 61.6 Å². The number of rotatable bonds is 8. The Morgan fingerprint density at radius 2 is 1.69 bits per heavy atom. The van der Waals surface area contributed by atoms with E-state index in [4.69, 9.17) is 15.2 Å². The highest BCUT2D eigenvalue weighted by Crippen LogP contribution is 1.94. The van der Waals surface area contributed by atoms with Gasteiger partial charge in [0.2, 0.25) is 0 Å². The van der Waals surface area contributed by atoms with E-state index >= 15 is 0 Å². The van der Waals surface area contributed by atoms with Crippen molar-refractivity contribution in [1.29, 1.82) is 0 Å². The molecule has 0 aliphatic heterocycles. The summed E-state index contributed by atoms with van der Waals surface area (Å²) in [4.78, 5) is 9.75. The maximum Gasteiger partial charge on any atom is 0.154 e. The number of nitrogens with two attached hydrogens (primary N) is 1. The molecule has 0 aromatic carbocycles. The van der Waals surface area contributed by atoms with E-state index < -0.39 is 0 Å². The Balaban J connectivity index is 0. The zero-order valence-corrected chi connectivity index (χ0v) is 11.1. The number of hydrogen-bond acceptors (Lipinski definition) is 4. The van der Waals surface area contributed by atoms with E-state index in [-0.39, 0.29) is 12.3 Å². The number of unbranched alkanes of at least 4 members (excludes halogenated alkanes) is 1. The average molecular weight is 233 g/mol. The Morgan fingerprint density at radius 1 is 1.19 bits per heavy atom. The lowest BCUT2D eigenvalue weighted by atomic mass is 10.2. The molecule has 0 aromatic heterocycles. The van der Waals surface area contributed by atoms with Gasteiger partial charge in [-0.05, 0) is 40.5 Å². The molecule has 0 bridgehead atoms. The minimum absolute atomic E-state index is 0.0370. The summed E-state index contributed by atoms with van der Waals surface area (Å²) in [6.45, 7) is 9.20. The summed E-state index contributed by atoms with van der Waals surface area (Å²) in [5.74, 6) is 0. The first kappa shape index (κ1) is 17.9. The Bertz CT molecular complexity index is 134. The standard InChI is InChI=1S/C6H13NO.C6H14O2/c1-6(7)4-2-3-5-8;1-4-7-6(3)8-5-2/h5-6H,2-4,7H2,1H3;6H,4-5H2,1-3H3. The minimum atomic E-state index is -0.0370. The summed E-state index contributed by atoms with van der Waals surface area (Å²) in [6.07, 6.45) is 3.44. The first-order valence-corrected chi connectivity index (χ1v) is 6.00. The Labute approximate surface area is 99.5 Å². The van der Waals surface area contributed by atoms with Crippen LogP contribution in [0, 0.1) is 0 Å². The number of aldehydes is 1. The van der Waals surface area contributed by atoms with Gasteiger partial charge in [0.1, 0.15) is 6.29 Å². The minimum Gasteiger partial charge on any atom is -0.353 e.